The van der Waals surface area contributed by atoms with Gasteiger partial charge in [-0.1, -0.05) is 0 Å². The fourth-order valence-electron chi connectivity index (χ4n) is 2.14. The molecule has 0 bridgehead atoms. The first-order chi connectivity index (χ1) is 10.8. The number of hydrogen-bond acceptors (Lipinski definition) is 10. The van der Waals surface area contributed by atoms with Crippen LogP contribution in [0.5, 0.6) is 0 Å². The van der Waals surface area contributed by atoms with Gasteiger partial charge in [-0.3, -0.25) is 19.2 Å². The van der Waals surface area contributed by atoms with Crippen LogP contribution in [0, 0.1) is 0 Å². The second-order valence-electron chi connectivity index (χ2n) is 4.72. The van der Waals surface area contributed by atoms with E-state index < -0.39 is 48.6 Å². The average Bonchev–Trinajstić information content (AvgIpc) is 2.42. The first kappa shape index (κ1) is 18.8. The summed E-state index contributed by atoms with van der Waals surface area (Å²) < 4.78 is 24.6. The Kier molecular flexibility index (Phi) is 6.91. The van der Waals surface area contributed by atoms with E-state index in [4.69, 9.17) is 18.9 Å². The molecule has 10 nitrogen and oxygen atoms in total. The van der Waals surface area contributed by atoms with Gasteiger partial charge in [-0.25, -0.2) is 0 Å². The van der Waals surface area contributed by atoms with Gasteiger partial charge < -0.3 is 28.8 Å². The molecule has 1 heterocycles. The third-order valence-corrected chi connectivity index (χ3v) is 2.84. The molecule has 1 aliphatic rings. The predicted octanol–water partition coefficient (Wildman–Crippen LogP) is -1.33. The van der Waals surface area contributed by atoms with Crippen LogP contribution in [0.2, 0.25) is 0 Å². The summed E-state index contributed by atoms with van der Waals surface area (Å²) in [7, 11) is 0. The van der Waals surface area contributed by atoms with Gasteiger partial charge in [0.2, 0.25) is 0 Å². The number of aliphatic hydroxyl groups is 1. The Morgan fingerprint density at radius 2 is 1.43 bits per heavy atom. The summed E-state index contributed by atoms with van der Waals surface area (Å²) in [5, 5.41) is 9.95. The van der Waals surface area contributed by atoms with Gasteiger partial charge >= 0.3 is 17.9 Å². The molecule has 0 spiro atoms. The molecule has 0 aromatic heterocycles. The van der Waals surface area contributed by atoms with Crippen molar-refractivity contribution in [2.24, 2.45) is 0 Å². The maximum Gasteiger partial charge on any atom is 0.303 e. The van der Waals surface area contributed by atoms with Crippen molar-refractivity contribution in [1.82, 2.24) is 0 Å². The fraction of sp³-hybridized carbons (Fsp3) is 0.692. The van der Waals surface area contributed by atoms with E-state index in [1.807, 2.05) is 0 Å². The van der Waals surface area contributed by atoms with E-state index >= 15 is 0 Å². The lowest BCUT2D eigenvalue weighted by atomic mass is 9.98. The Balaban J connectivity index is 3.10. The maximum atomic E-state index is 11.3. The van der Waals surface area contributed by atoms with Crippen molar-refractivity contribution < 1.29 is 48.0 Å². The van der Waals surface area contributed by atoms with Gasteiger partial charge in [-0.2, -0.15) is 0 Å². The molecule has 0 unspecified atom stereocenters. The van der Waals surface area contributed by atoms with Crippen molar-refractivity contribution in [2.45, 2.75) is 51.5 Å². The second kappa shape index (κ2) is 8.44. The lowest BCUT2D eigenvalue weighted by Crippen LogP contribution is -2.62. The molecule has 130 valence electrons. The Hall–Kier alpha value is -2.20. The van der Waals surface area contributed by atoms with E-state index in [9.17, 15) is 24.3 Å². The van der Waals surface area contributed by atoms with E-state index in [0.29, 0.717) is 0 Å². The van der Waals surface area contributed by atoms with E-state index in [1.165, 1.54) is 0 Å². The zero-order valence-electron chi connectivity index (χ0n) is 12.8. The molecule has 1 aliphatic heterocycles. The van der Waals surface area contributed by atoms with Gasteiger partial charge in [0.1, 0.15) is 12.7 Å². The minimum Gasteiger partial charge on any atom is -0.465 e. The Morgan fingerprint density at radius 1 is 0.957 bits per heavy atom. The van der Waals surface area contributed by atoms with Gasteiger partial charge in [0.25, 0.3) is 6.47 Å². The number of aliphatic hydroxyl groups excluding tert-OH is 1. The molecule has 10 heteroatoms. The molecule has 0 aliphatic carbocycles. The SMILES string of the molecule is CC(=O)O[C@@H]1[C@@H](OC(C)=O)[C@H](O)O[C@H](COC=O)[C@H]1OC(C)=O. The lowest BCUT2D eigenvalue weighted by Gasteiger charge is -2.42. The van der Waals surface area contributed by atoms with Crippen LogP contribution in [0.25, 0.3) is 0 Å². The summed E-state index contributed by atoms with van der Waals surface area (Å²) in [5.74, 6) is -2.25. The Morgan fingerprint density at radius 3 is 1.91 bits per heavy atom. The normalized spacial score (nSPS) is 30.0. The topological polar surface area (TPSA) is 135 Å². The van der Waals surface area contributed by atoms with Crippen molar-refractivity contribution in [3.63, 3.8) is 0 Å². The third kappa shape index (κ3) is 5.49. The quantitative estimate of drug-likeness (QED) is 0.353. The van der Waals surface area contributed by atoms with Crippen LogP contribution < -0.4 is 0 Å². The van der Waals surface area contributed by atoms with Crippen molar-refractivity contribution in [1.29, 1.82) is 0 Å². The largest absolute Gasteiger partial charge is 0.465 e. The van der Waals surface area contributed by atoms with Crippen LogP contribution in [0.15, 0.2) is 0 Å². The second-order valence-corrected chi connectivity index (χ2v) is 4.72. The molecule has 1 saturated heterocycles. The number of carbonyl (C=O) groups excluding carboxylic acids is 4. The number of hydrogen-bond donors (Lipinski definition) is 1. The highest BCUT2D eigenvalue weighted by atomic mass is 16.7. The first-order valence-electron chi connectivity index (χ1n) is 6.66. The molecule has 0 saturated carbocycles. The highest BCUT2D eigenvalue weighted by Crippen LogP contribution is 2.27. The molecule has 1 N–H and O–H groups in total. The summed E-state index contributed by atoms with van der Waals surface area (Å²) in [4.78, 5) is 44.1. The standard InChI is InChI=1S/C13H18O10/c1-6(15)20-10-9(4-19-5-14)23-13(18)12(22-8(3)17)11(10)21-7(2)16/h5,9-13,18H,4H2,1-3H3/t9-,10-,11+,12-,13-/m1/s1. The minimum absolute atomic E-state index is 0.138. The molecule has 1 rings (SSSR count). The number of esters is 3. The van der Waals surface area contributed by atoms with Gasteiger partial charge in [0.15, 0.2) is 24.6 Å². The number of carbonyl (C=O) groups is 4. The van der Waals surface area contributed by atoms with Gasteiger partial charge in [0.05, 0.1) is 0 Å². The molecule has 0 aromatic carbocycles. The van der Waals surface area contributed by atoms with Crippen LogP contribution >= 0.6 is 0 Å². The molecule has 23 heavy (non-hydrogen) atoms. The minimum atomic E-state index is -1.67. The smallest absolute Gasteiger partial charge is 0.303 e. The average molecular weight is 334 g/mol. The van der Waals surface area contributed by atoms with Crippen molar-refractivity contribution >= 4 is 24.4 Å². The molecular weight excluding hydrogens is 316 g/mol. The number of rotatable bonds is 6. The zero-order valence-corrected chi connectivity index (χ0v) is 12.8. The van der Waals surface area contributed by atoms with Crippen molar-refractivity contribution in [3.05, 3.63) is 0 Å². The molecular formula is C13H18O10. The van der Waals surface area contributed by atoms with Crippen LogP contribution in [0.1, 0.15) is 20.8 Å². The molecule has 0 amide bonds. The monoisotopic (exact) mass is 334 g/mol. The highest BCUT2D eigenvalue weighted by molar-refractivity contribution is 5.68. The van der Waals surface area contributed by atoms with Crippen LogP contribution in [0.4, 0.5) is 0 Å². The molecule has 0 radical (unpaired) electrons. The summed E-state index contributed by atoms with van der Waals surface area (Å²) in [6.07, 6.45) is -6.77. The van der Waals surface area contributed by atoms with Crippen LogP contribution in [0.3, 0.4) is 0 Å². The molecule has 5 atom stereocenters. The zero-order chi connectivity index (χ0) is 17.6. The predicted molar refractivity (Wildman–Crippen MR) is 69.6 cm³/mol. The Bertz CT molecular complexity index is 462. The molecule has 1 fully saturated rings. The maximum absolute atomic E-state index is 11.3. The van der Waals surface area contributed by atoms with Gasteiger partial charge in [0, 0.05) is 20.8 Å². The van der Waals surface area contributed by atoms with Gasteiger partial charge in [-0.05, 0) is 0 Å². The highest BCUT2D eigenvalue weighted by Gasteiger charge is 2.51. The van der Waals surface area contributed by atoms with E-state index in [2.05, 4.69) is 4.74 Å². The van der Waals surface area contributed by atoms with E-state index in [-0.39, 0.29) is 13.1 Å². The van der Waals surface area contributed by atoms with Crippen molar-refractivity contribution in [2.75, 3.05) is 6.61 Å². The van der Waals surface area contributed by atoms with Crippen molar-refractivity contribution in [3.8, 4) is 0 Å². The summed E-state index contributed by atoms with van der Waals surface area (Å²) in [6, 6.07) is 0. The van der Waals surface area contributed by atoms with Gasteiger partial charge in [-0.15, -0.1) is 0 Å². The summed E-state index contributed by atoms with van der Waals surface area (Å²) in [5.41, 5.74) is 0. The molecule has 0 aromatic rings. The Labute approximate surface area is 131 Å². The van der Waals surface area contributed by atoms with E-state index in [0.717, 1.165) is 20.8 Å². The fourth-order valence-corrected chi connectivity index (χ4v) is 2.14. The number of ether oxygens (including phenoxy) is 5. The summed E-state index contributed by atoms with van der Waals surface area (Å²) >= 11 is 0. The van der Waals surface area contributed by atoms with Crippen LogP contribution in [-0.2, 0) is 42.9 Å². The summed E-state index contributed by atoms with van der Waals surface area (Å²) in [6.45, 7) is 3.05. The van der Waals surface area contributed by atoms with Crippen LogP contribution in [-0.4, -0.2) is 66.8 Å². The third-order valence-electron chi connectivity index (χ3n) is 2.84. The van der Waals surface area contributed by atoms with E-state index in [1.54, 1.807) is 0 Å². The lowest BCUT2D eigenvalue weighted by molar-refractivity contribution is -0.295. The first-order valence-corrected chi connectivity index (χ1v) is 6.66.